The van der Waals surface area contributed by atoms with Gasteiger partial charge in [0.05, 0.1) is 17.1 Å². The van der Waals surface area contributed by atoms with Crippen molar-refractivity contribution in [1.82, 2.24) is 5.32 Å². The van der Waals surface area contributed by atoms with Crippen LogP contribution in [0.4, 0.5) is 0 Å². The van der Waals surface area contributed by atoms with Crippen LogP contribution in [0, 0.1) is 16.7 Å². The van der Waals surface area contributed by atoms with Crippen molar-refractivity contribution >= 4 is 29.0 Å². The van der Waals surface area contributed by atoms with E-state index in [1.807, 2.05) is 11.8 Å². The molecule has 4 saturated carbocycles. The highest BCUT2D eigenvalue weighted by molar-refractivity contribution is 7.98. The number of ether oxygens (including phenoxy) is 1. The molecule has 31 heavy (non-hydrogen) atoms. The molecule has 3 nitrogen and oxygen atoms in total. The Morgan fingerprint density at radius 3 is 2.68 bits per heavy atom. The molecule has 5 heteroatoms. The normalized spacial score (nSPS) is 35.0. The highest BCUT2D eigenvalue weighted by Crippen LogP contribution is 2.67. The van der Waals surface area contributed by atoms with Crippen LogP contribution in [0.5, 0.6) is 0 Å². The van der Waals surface area contributed by atoms with Gasteiger partial charge in [-0.1, -0.05) is 32.0 Å². The Morgan fingerprint density at radius 1 is 1.13 bits per heavy atom. The van der Waals surface area contributed by atoms with E-state index in [0.717, 1.165) is 16.5 Å². The number of nitrogens with one attached hydrogen (secondary N) is 1. The van der Waals surface area contributed by atoms with E-state index < -0.39 is 0 Å². The van der Waals surface area contributed by atoms with Gasteiger partial charge in [-0.15, -0.1) is 23.1 Å². The molecule has 1 N–H and O–H groups in total. The first-order valence-corrected chi connectivity index (χ1v) is 13.4. The van der Waals surface area contributed by atoms with Gasteiger partial charge in [0.25, 0.3) is 5.91 Å². The van der Waals surface area contributed by atoms with Crippen LogP contribution in [-0.2, 0) is 10.5 Å². The van der Waals surface area contributed by atoms with E-state index in [0.29, 0.717) is 24.0 Å². The second-order valence-electron chi connectivity index (χ2n) is 11.2. The number of benzene rings is 1. The lowest BCUT2D eigenvalue weighted by Gasteiger charge is -2.65. The monoisotopic (exact) mass is 453 g/mol. The number of thioether (sulfide) groups is 1. The number of rotatable bonds is 5. The molecule has 7 rings (SSSR count). The molecule has 5 aliphatic rings. The zero-order valence-electron chi connectivity index (χ0n) is 18.5. The molecule has 4 aliphatic carbocycles. The SMILES string of the molecule is C[C@]12CC3CC(OCCNC(=O)c4cc5c(s4)-c4ccccc4SC5)(C1)C[C@@](C)(C3)C2. The van der Waals surface area contributed by atoms with Crippen molar-refractivity contribution in [2.45, 2.75) is 68.6 Å². The van der Waals surface area contributed by atoms with Gasteiger partial charge in [-0.3, -0.25) is 4.79 Å². The molecule has 4 bridgehead atoms. The van der Waals surface area contributed by atoms with E-state index >= 15 is 0 Å². The van der Waals surface area contributed by atoms with E-state index in [9.17, 15) is 4.79 Å². The van der Waals surface area contributed by atoms with Crippen LogP contribution >= 0.6 is 23.1 Å². The summed E-state index contributed by atoms with van der Waals surface area (Å²) in [5, 5.41) is 3.12. The average Bonchev–Trinajstić information content (AvgIpc) is 3.13. The molecule has 0 spiro atoms. The van der Waals surface area contributed by atoms with E-state index in [1.165, 1.54) is 59.4 Å². The lowest BCUT2D eigenvalue weighted by molar-refractivity contribution is -0.213. The van der Waals surface area contributed by atoms with Gasteiger partial charge in [-0.2, -0.15) is 0 Å². The molecule has 2 unspecified atom stereocenters. The summed E-state index contributed by atoms with van der Waals surface area (Å²) < 4.78 is 6.57. The van der Waals surface area contributed by atoms with Crippen molar-refractivity contribution in [1.29, 1.82) is 0 Å². The maximum absolute atomic E-state index is 12.8. The van der Waals surface area contributed by atoms with E-state index in [-0.39, 0.29) is 11.5 Å². The van der Waals surface area contributed by atoms with Crippen LogP contribution < -0.4 is 5.32 Å². The lowest BCUT2D eigenvalue weighted by atomic mass is 9.43. The van der Waals surface area contributed by atoms with Crippen LogP contribution in [0.3, 0.4) is 0 Å². The molecular formula is C26H31NO2S2. The molecule has 4 fully saturated rings. The van der Waals surface area contributed by atoms with Crippen molar-refractivity contribution in [3.63, 3.8) is 0 Å². The summed E-state index contributed by atoms with van der Waals surface area (Å²) in [4.78, 5) is 16.2. The van der Waals surface area contributed by atoms with Gasteiger partial charge in [0, 0.05) is 27.6 Å². The highest BCUT2D eigenvalue weighted by atomic mass is 32.2. The Balaban J connectivity index is 1.08. The first kappa shape index (κ1) is 20.3. The Morgan fingerprint density at radius 2 is 1.90 bits per heavy atom. The van der Waals surface area contributed by atoms with E-state index in [2.05, 4.69) is 49.5 Å². The van der Waals surface area contributed by atoms with Crippen molar-refractivity contribution in [3.05, 3.63) is 40.8 Å². The summed E-state index contributed by atoms with van der Waals surface area (Å²) in [5.41, 5.74) is 3.52. The largest absolute Gasteiger partial charge is 0.373 e. The fourth-order valence-corrected chi connectivity index (χ4v) is 10.2. The number of hydrogen-bond acceptors (Lipinski definition) is 4. The smallest absolute Gasteiger partial charge is 0.261 e. The Labute approximate surface area is 193 Å². The second kappa shape index (κ2) is 7.10. The van der Waals surface area contributed by atoms with Crippen LogP contribution in [0.15, 0.2) is 35.2 Å². The first-order chi connectivity index (χ1) is 14.8. The minimum atomic E-state index is 0.0370. The summed E-state index contributed by atoms with van der Waals surface area (Å²) in [7, 11) is 0. The zero-order valence-corrected chi connectivity index (χ0v) is 20.1. The van der Waals surface area contributed by atoms with Gasteiger partial charge in [0.15, 0.2) is 0 Å². The number of amides is 1. The predicted molar refractivity (Wildman–Crippen MR) is 128 cm³/mol. The van der Waals surface area contributed by atoms with Crippen LogP contribution in [0.25, 0.3) is 10.4 Å². The van der Waals surface area contributed by atoms with Gasteiger partial charge in [-0.05, 0) is 73.0 Å². The number of thiophene rings is 1. The molecule has 164 valence electrons. The summed E-state index contributed by atoms with van der Waals surface area (Å²) in [6.07, 6.45) is 7.76. The summed E-state index contributed by atoms with van der Waals surface area (Å²) in [5.74, 6) is 1.81. The third kappa shape index (κ3) is 3.57. The second-order valence-corrected chi connectivity index (χ2v) is 13.2. The van der Waals surface area contributed by atoms with Crippen molar-refractivity contribution in [2.24, 2.45) is 16.7 Å². The highest BCUT2D eigenvalue weighted by Gasteiger charge is 2.60. The lowest BCUT2D eigenvalue weighted by Crippen LogP contribution is -2.59. The summed E-state index contributed by atoms with van der Waals surface area (Å²) in [6.45, 7) is 6.16. The molecule has 0 radical (unpaired) electrons. The predicted octanol–water partition coefficient (Wildman–Crippen LogP) is 6.52. The molecule has 2 aromatic rings. The Hall–Kier alpha value is -1.30. The molecule has 0 saturated heterocycles. The zero-order chi connectivity index (χ0) is 21.3. The standard InChI is InChI=1S/C26H31NO2S2/c1-24-10-17-11-25(2,14-24)16-26(12-17,15-24)29-8-7-27-23(28)21-9-18-13-30-20-6-4-3-5-19(20)22(18)31-21/h3-6,9,17H,7-8,10-16H2,1-2H3,(H,27,28)/t17?,24-,25+,26?. The van der Waals surface area contributed by atoms with E-state index in [1.54, 1.807) is 11.3 Å². The first-order valence-electron chi connectivity index (χ1n) is 11.6. The quantitative estimate of drug-likeness (QED) is 0.524. The molecule has 1 aromatic carbocycles. The van der Waals surface area contributed by atoms with Crippen LogP contribution in [-0.4, -0.2) is 24.7 Å². The van der Waals surface area contributed by atoms with Crippen molar-refractivity contribution < 1.29 is 9.53 Å². The number of fused-ring (bicyclic) bond motifs is 3. The minimum Gasteiger partial charge on any atom is -0.373 e. The molecule has 1 amide bonds. The maximum Gasteiger partial charge on any atom is 0.261 e. The Bertz CT molecular complexity index is 1030. The van der Waals surface area contributed by atoms with Gasteiger partial charge >= 0.3 is 0 Å². The van der Waals surface area contributed by atoms with E-state index in [4.69, 9.17) is 4.74 Å². The molecule has 1 aliphatic heterocycles. The van der Waals surface area contributed by atoms with Crippen molar-refractivity contribution in [2.75, 3.05) is 13.2 Å². The van der Waals surface area contributed by atoms with Gasteiger partial charge in [0.2, 0.25) is 0 Å². The fraction of sp³-hybridized carbons (Fsp3) is 0.577. The van der Waals surface area contributed by atoms with Crippen LogP contribution in [0.1, 0.15) is 67.6 Å². The summed E-state index contributed by atoms with van der Waals surface area (Å²) in [6, 6.07) is 10.6. The maximum atomic E-state index is 12.8. The third-order valence-electron chi connectivity index (χ3n) is 7.92. The molecule has 2 heterocycles. The van der Waals surface area contributed by atoms with Gasteiger partial charge in [-0.25, -0.2) is 0 Å². The number of carbonyl (C=O) groups is 1. The van der Waals surface area contributed by atoms with Crippen molar-refractivity contribution in [3.8, 4) is 10.4 Å². The average molecular weight is 454 g/mol. The fourth-order valence-electron chi connectivity index (χ4n) is 7.83. The third-order valence-corrected chi connectivity index (χ3v) is 10.3. The van der Waals surface area contributed by atoms with Gasteiger partial charge < -0.3 is 10.1 Å². The number of hydrogen-bond donors (Lipinski definition) is 1. The molecular weight excluding hydrogens is 422 g/mol. The number of carbonyl (C=O) groups excluding carboxylic acids is 1. The molecule has 4 atom stereocenters. The minimum absolute atomic E-state index is 0.0370. The van der Waals surface area contributed by atoms with Gasteiger partial charge in [0.1, 0.15) is 0 Å². The molecule has 1 aromatic heterocycles. The topological polar surface area (TPSA) is 38.3 Å². The Kier molecular flexibility index (Phi) is 4.65. The van der Waals surface area contributed by atoms with Crippen LogP contribution in [0.2, 0.25) is 0 Å². The summed E-state index contributed by atoms with van der Waals surface area (Å²) >= 11 is 3.48.